The maximum atomic E-state index is 12.1. The van der Waals surface area contributed by atoms with E-state index in [0.717, 1.165) is 39.6 Å². The van der Waals surface area contributed by atoms with E-state index >= 15 is 0 Å². The zero-order chi connectivity index (χ0) is 22.3. The first-order valence-electron chi connectivity index (χ1n) is 10.5. The maximum absolute atomic E-state index is 12.1. The molecule has 31 heavy (non-hydrogen) atoms. The predicted molar refractivity (Wildman–Crippen MR) is 126 cm³/mol. The normalized spacial score (nSPS) is 13.3. The van der Waals surface area contributed by atoms with Gasteiger partial charge in [0.2, 0.25) is 0 Å². The average Bonchev–Trinajstić information content (AvgIpc) is 3.13. The third-order valence-corrected chi connectivity index (χ3v) is 5.91. The van der Waals surface area contributed by atoms with Gasteiger partial charge >= 0.3 is 0 Å². The molecule has 0 unspecified atom stereocenters. The maximum Gasteiger partial charge on any atom is 0.177 e. The van der Waals surface area contributed by atoms with Crippen LogP contribution in [0, 0.1) is 20.8 Å². The van der Waals surface area contributed by atoms with Crippen LogP contribution in [0.25, 0.3) is 11.4 Å². The number of hydrogen-bond donors (Lipinski definition) is 0. The summed E-state index contributed by atoms with van der Waals surface area (Å²) in [6.07, 6.45) is 0.662. The van der Waals surface area contributed by atoms with Crippen LogP contribution >= 0.6 is 0 Å². The smallest absolute Gasteiger partial charge is 0.177 e. The molecule has 0 saturated carbocycles. The van der Waals surface area contributed by atoms with E-state index in [0.29, 0.717) is 25.3 Å². The second-order valence-corrected chi connectivity index (χ2v) is 7.95. The van der Waals surface area contributed by atoms with E-state index in [1.807, 2.05) is 32.0 Å². The van der Waals surface area contributed by atoms with Crippen LogP contribution in [0.3, 0.4) is 0 Å². The molecule has 156 valence electrons. The molecule has 0 aliphatic carbocycles. The molecule has 1 aliphatic rings. The number of rotatable bonds is 5. The molecule has 4 rings (SSSR count). The Bertz CT molecular complexity index is 1200. The lowest BCUT2D eigenvalue weighted by Gasteiger charge is -2.32. The number of anilines is 1. The molecule has 2 radical (unpaired) electrons. The summed E-state index contributed by atoms with van der Waals surface area (Å²) in [6, 6.07) is 12.3. The van der Waals surface area contributed by atoms with Crippen molar-refractivity contribution in [2.24, 2.45) is 0 Å². The molecule has 6 heteroatoms. The molecule has 0 bridgehead atoms. The van der Waals surface area contributed by atoms with Crippen LogP contribution in [0.15, 0.2) is 43.0 Å². The summed E-state index contributed by atoms with van der Waals surface area (Å²) >= 11 is 0. The molecule has 2 heterocycles. The van der Waals surface area contributed by atoms with E-state index < -0.39 is 5.68 Å². The fourth-order valence-electron chi connectivity index (χ4n) is 4.12. The molecule has 2 aromatic carbocycles. The van der Waals surface area contributed by atoms with Crippen LogP contribution in [0.4, 0.5) is 5.69 Å². The molecule has 0 atom stereocenters. The highest BCUT2D eigenvalue weighted by Crippen LogP contribution is 2.36. The Labute approximate surface area is 184 Å². The van der Waals surface area contributed by atoms with Crippen molar-refractivity contribution in [3.8, 4) is 11.4 Å². The van der Waals surface area contributed by atoms with Gasteiger partial charge in [0.25, 0.3) is 0 Å². The largest absolute Gasteiger partial charge is 0.494 e. The van der Waals surface area contributed by atoms with Crippen molar-refractivity contribution in [2.75, 3.05) is 18.1 Å². The Kier molecular flexibility index (Phi) is 5.48. The predicted octanol–water partition coefficient (Wildman–Crippen LogP) is 4.54. The van der Waals surface area contributed by atoms with Crippen molar-refractivity contribution in [1.29, 1.82) is 0 Å². The summed E-state index contributed by atoms with van der Waals surface area (Å²) < 4.78 is 7.46. The Morgan fingerprint density at radius 3 is 2.45 bits per heavy atom. The second kappa shape index (κ2) is 8.10. The fraction of sp³-hybridized carbons (Fsp3) is 0.280. The minimum absolute atomic E-state index is 0.308. The second-order valence-electron chi connectivity index (χ2n) is 7.95. The Morgan fingerprint density at radius 1 is 1.10 bits per heavy atom. The summed E-state index contributed by atoms with van der Waals surface area (Å²) in [5.41, 5.74) is 7.65. The molecule has 3 aromatic rings. The number of hydrogen-bond acceptors (Lipinski definition) is 4. The van der Waals surface area contributed by atoms with Crippen LogP contribution in [-0.4, -0.2) is 36.5 Å². The lowest BCUT2D eigenvalue weighted by Crippen LogP contribution is -2.30. The Hall–Kier alpha value is -3.28. The number of carbonyl (C=O) groups is 1. The summed E-state index contributed by atoms with van der Waals surface area (Å²) in [5.74, 6) is 0.831. The number of carbonyl (C=O) groups excluding carboxylic acids is 1. The van der Waals surface area contributed by atoms with Gasteiger partial charge in [-0.1, -0.05) is 12.6 Å². The molecule has 0 N–H and O–H groups in total. The zero-order valence-corrected chi connectivity index (χ0v) is 18.5. The molecule has 1 aliphatic heterocycles. The number of fused-ring (bicyclic) bond motifs is 1. The average molecular weight is 411 g/mol. The van der Waals surface area contributed by atoms with Crippen LogP contribution in [-0.2, 0) is 6.42 Å². The number of ether oxygens (including phenoxy) is 1. The highest BCUT2D eigenvalue weighted by Gasteiger charge is 2.30. The SMILES string of the molecule is [B]C(=O)c1nn(-c2ccc(OCC)c(C)c2)c2c1CCN(c1ccc(C)c(C)c1)C2=C. The summed E-state index contributed by atoms with van der Waals surface area (Å²) in [7, 11) is 5.67. The van der Waals surface area contributed by atoms with Gasteiger partial charge in [-0.05, 0) is 81.1 Å². The third-order valence-electron chi connectivity index (χ3n) is 5.91. The number of nitrogens with zero attached hydrogens (tertiary/aromatic N) is 3. The van der Waals surface area contributed by atoms with Gasteiger partial charge in [0, 0.05) is 17.8 Å². The van der Waals surface area contributed by atoms with Crippen molar-refractivity contribution >= 4 is 24.9 Å². The molecule has 5 nitrogen and oxygen atoms in total. The molecule has 0 amide bonds. The highest BCUT2D eigenvalue weighted by atomic mass is 16.5. The van der Waals surface area contributed by atoms with E-state index in [1.54, 1.807) is 4.68 Å². The first-order valence-corrected chi connectivity index (χ1v) is 10.5. The van der Waals surface area contributed by atoms with Gasteiger partial charge in [0.15, 0.2) is 7.85 Å². The van der Waals surface area contributed by atoms with Crippen LogP contribution in [0.2, 0.25) is 0 Å². The molecular weight excluding hydrogens is 385 g/mol. The zero-order valence-electron chi connectivity index (χ0n) is 18.5. The van der Waals surface area contributed by atoms with E-state index in [9.17, 15) is 4.79 Å². The number of aromatic nitrogens is 2. The molecular formula is C25H26BN3O2. The van der Waals surface area contributed by atoms with E-state index in [1.165, 1.54) is 11.1 Å². The van der Waals surface area contributed by atoms with Gasteiger partial charge in [0.1, 0.15) is 17.1 Å². The molecule has 0 saturated heterocycles. The quantitative estimate of drug-likeness (QED) is 0.579. The Balaban J connectivity index is 1.83. The number of benzene rings is 2. The third kappa shape index (κ3) is 3.67. The standard InChI is InChI=1S/C25H26BN3O2/c1-6-31-22-10-9-20(14-17(22)4)29-24-18(5)28(19-8-7-15(2)16(3)13-19)12-11-21(24)23(27-29)25(26)30/h7-10,13-14H,5-6,11-12H2,1-4H3. The van der Waals surface area contributed by atoms with Crippen molar-refractivity contribution in [1.82, 2.24) is 9.78 Å². The van der Waals surface area contributed by atoms with Crippen molar-refractivity contribution in [3.05, 3.63) is 76.6 Å². The van der Waals surface area contributed by atoms with Crippen LogP contribution < -0.4 is 9.64 Å². The van der Waals surface area contributed by atoms with Gasteiger partial charge in [-0.15, -0.1) is 0 Å². The van der Waals surface area contributed by atoms with E-state index in [-0.39, 0.29) is 0 Å². The minimum Gasteiger partial charge on any atom is -0.494 e. The topological polar surface area (TPSA) is 47.4 Å². The van der Waals surface area contributed by atoms with Crippen molar-refractivity contribution < 1.29 is 9.53 Å². The van der Waals surface area contributed by atoms with Crippen molar-refractivity contribution in [2.45, 2.75) is 34.1 Å². The summed E-state index contributed by atoms with van der Waals surface area (Å²) in [6.45, 7) is 13.9. The number of aryl methyl sites for hydroxylation is 3. The van der Waals surface area contributed by atoms with Crippen molar-refractivity contribution in [3.63, 3.8) is 0 Å². The minimum atomic E-state index is -0.523. The molecule has 0 fully saturated rings. The van der Waals surface area contributed by atoms with E-state index in [2.05, 4.69) is 48.6 Å². The highest BCUT2D eigenvalue weighted by molar-refractivity contribution is 6.62. The molecule has 1 aromatic heterocycles. The molecule has 0 spiro atoms. The first-order chi connectivity index (χ1) is 14.8. The monoisotopic (exact) mass is 411 g/mol. The van der Waals surface area contributed by atoms with E-state index in [4.69, 9.17) is 12.6 Å². The lowest BCUT2D eigenvalue weighted by molar-refractivity contribution is 0.107. The van der Waals surface area contributed by atoms with Crippen LogP contribution in [0.5, 0.6) is 5.75 Å². The van der Waals surface area contributed by atoms with Gasteiger partial charge < -0.3 is 14.4 Å². The van der Waals surface area contributed by atoms with Gasteiger partial charge in [-0.2, -0.15) is 5.10 Å². The van der Waals surface area contributed by atoms with Gasteiger partial charge in [0.05, 0.1) is 23.7 Å². The fourth-order valence-corrected chi connectivity index (χ4v) is 4.12. The van der Waals surface area contributed by atoms with Crippen LogP contribution in [0.1, 0.15) is 45.4 Å². The Morgan fingerprint density at radius 2 is 1.81 bits per heavy atom. The van der Waals surface area contributed by atoms with Gasteiger partial charge in [-0.3, -0.25) is 0 Å². The lowest BCUT2D eigenvalue weighted by atomic mass is 9.92. The summed E-state index contributed by atoms with van der Waals surface area (Å²) in [5, 5.41) is 4.60. The first kappa shape index (κ1) is 21.0. The summed E-state index contributed by atoms with van der Waals surface area (Å²) in [4.78, 5) is 14.3. The van der Waals surface area contributed by atoms with Gasteiger partial charge in [-0.25, -0.2) is 4.68 Å².